The van der Waals surface area contributed by atoms with Crippen molar-refractivity contribution in [3.05, 3.63) is 76.7 Å². The highest BCUT2D eigenvalue weighted by Crippen LogP contribution is 2.33. The van der Waals surface area contributed by atoms with E-state index in [1.54, 1.807) is 31.3 Å². The highest BCUT2D eigenvalue weighted by Gasteiger charge is 2.30. The van der Waals surface area contributed by atoms with Crippen LogP contribution in [-0.4, -0.2) is 39.0 Å². The number of aromatic nitrogens is 2. The van der Waals surface area contributed by atoms with E-state index in [1.165, 1.54) is 23.2 Å². The first-order chi connectivity index (χ1) is 16.1. The number of β-amino-alcohol motifs (C(OH)–C–C–N with tert-alkyl or cyclic N) is 1. The van der Waals surface area contributed by atoms with E-state index >= 15 is 8.78 Å². The molecule has 1 amide bonds. The number of halogens is 2. The van der Waals surface area contributed by atoms with Gasteiger partial charge in [-0.15, -0.1) is 0 Å². The van der Waals surface area contributed by atoms with Gasteiger partial charge in [-0.05, 0) is 42.8 Å². The number of pyridine rings is 2. The van der Waals surface area contributed by atoms with Crippen molar-refractivity contribution >= 4 is 11.7 Å². The molecule has 2 N–H and O–H groups in total. The number of aliphatic hydroxyl groups is 1. The van der Waals surface area contributed by atoms with Gasteiger partial charge in [0.1, 0.15) is 17.5 Å². The van der Waals surface area contributed by atoms with Gasteiger partial charge in [-0.25, -0.2) is 13.8 Å². The molecule has 2 aromatic heterocycles. The van der Waals surface area contributed by atoms with Gasteiger partial charge in [-0.1, -0.05) is 20.8 Å². The number of nitrogens with zero attached hydrogens (tertiary/aromatic N) is 3. The molecular formula is C26H28F2N4O2. The van der Waals surface area contributed by atoms with E-state index in [0.29, 0.717) is 29.1 Å². The van der Waals surface area contributed by atoms with E-state index in [4.69, 9.17) is 0 Å². The third-order valence-electron chi connectivity index (χ3n) is 6.04. The summed E-state index contributed by atoms with van der Waals surface area (Å²) in [6, 6.07) is 6.88. The molecule has 8 heteroatoms. The number of amides is 1. The Morgan fingerprint density at radius 1 is 1.09 bits per heavy atom. The van der Waals surface area contributed by atoms with Crippen LogP contribution in [-0.2, 0) is 12.0 Å². The van der Waals surface area contributed by atoms with Gasteiger partial charge >= 0.3 is 0 Å². The molecule has 1 aliphatic rings. The van der Waals surface area contributed by atoms with Crippen LogP contribution in [0.2, 0.25) is 0 Å². The Hall–Kier alpha value is -3.39. The normalized spacial score (nSPS) is 14.3. The van der Waals surface area contributed by atoms with Crippen molar-refractivity contribution in [1.82, 2.24) is 14.9 Å². The number of carbonyl (C=O) groups excluding carboxylic acids is 1. The van der Waals surface area contributed by atoms with Gasteiger partial charge < -0.3 is 15.3 Å². The molecule has 0 aliphatic carbocycles. The molecule has 0 unspecified atom stereocenters. The van der Waals surface area contributed by atoms with Crippen molar-refractivity contribution in [3.8, 4) is 11.1 Å². The first-order valence-corrected chi connectivity index (χ1v) is 11.2. The lowest BCUT2D eigenvalue weighted by atomic mass is 9.89. The average molecular weight is 467 g/mol. The SMILES string of the molecule is C[C@H](Nc1nccc2c1CN(CCO)C2=O)c1cc(F)c(-c2ccnc(C(C)(C)C)c2)cc1F. The summed E-state index contributed by atoms with van der Waals surface area (Å²) in [5.41, 5.74) is 2.63. The van der Waals surface area contributed by atoms with Gasteiger partial charge in [0.15, 0.2) is 0 Å². The smallest absolute Gasteiger partial charge is 0.254 e. The Kier molecular flexibility index (Phi) is 6.36. The van der Waals surface area contributed by atoms with Crippen LogP contribution in [0.5, 0.6) is 0 Å². The summed E-state index contributed by atoms with van der Waals surface area (Å²) >= 11 is 0. The van der Waals surface area contributed by atoms with Crippen LogP contribution in [0.3, 0.4) is 0 Å². The van der Waals surface area contributed by atoms with Gasteiger partial charge in [0, 0.05) is 52.3 Å². The van der Waals surface area contributed by atoms with Gasteiger partial charge in [0.25, 0.3) is 5.91 Å². The second kappa shape index (κ2) is 9.10. The number of aliphatic hydroxyl groups excluding tert-OH is 1. The summed E-state index contributed by atoms with van der Waals surface area (Å²) in [5.74, 6) is -0.829. The molecule has 1 aliphatic heterocycles. The number of hydrogen-bond donors (Lipinski definition) is 2. The molecular weight excluding hydrogens is 438 g/mol. The molecule has 3 heterocycles. The summed E-state index contributed by atoms with van der Waals surface area (Å²) in [6.07, 6.45) is 3.11. The Bertz CT molecular complexity index is 1240. The van der Waals surface area contributed by atoms with E-state index in [2.05, 4.69) is 15.3 Å². The van der Waals surface area contributed by atoms with Crippen molar-refractivity contribution in [2.24, 2.45) is 0 Å². The lowest BCUT2D eigenvalue weighted by molar-refractivity contribution is 0.0746. The summed E-state index contributed by atoms with van der Waals surface area (Å²) in [6.45, 7) is 8.12. The summed E-state index contributed by atoms with van der Waals surface area (Å²) in [4.78, 5) is 22.7. The maximum Gasteiger partial charge on any atom is 0.254 e. The quantitative estimate of drug-likeness (QED) is 0.544. The lowest BCUT2D eigenvalue weighted by Gasteiger charge is -2.20. The van der Waals surface area contributed by atoms with Crippen LogP contribution in [0.25, 0.3) is 11.1 Å². The Labute approximate surface area is 197 Å². The van der Waals surface area contributed by atoms with Crippen LogP contribution < -0.4 is 5.32 Å². The van der Waals surface area contributed by atoms with Crippen molar-refractivity contribution < 1.29 is 18.7 Å². The highest BCUT2D eigenvalue weighted by atomic mass is 19.1. The summed E-state index contributed by atoms with van der Waals surface area (Å²) < 4.78 is 30.3. The molecule has 0 radical (unpaired) electrons. The maximum atomic E-state index is 15.2. The van der Waals surface area contributed by atoms with Crippen LogP contribution >= 0.6 is 0 Å². The number of anilines is 1. The van der Waals surface area contributed by atoms with E-state index in [-0.39, 0.29) is 35.6 Å². The second-order valence-corrected chi connectivity index (χ2v) is 9.54. The third-order valence-corrected chi connectivity index (χ3v) is 6.04. The topological polar surface area (TPSA) is 78.4 Å². The molecule has 34 heavy (non-hydrogen) atoms. The Balaban J connectivity index is 1.62. The maximum absolute atomic E-state index is 15.2. The summed E-state index contributed by atoms with van der Waals surface area (Å²) in [5, 5.41) is 12.3. The number of benzene rings is 1. The molecule has 178 valence electrons. The number of rotatable bonds is 6. The number of hydrogen-bond acceptors (Lipinski definition) is 5. The van der Waals surface area contributed by atoms with Gasteiger partial charge in [0.2, 0.25) is 0 Å². The fourth-order valence-electron chi connectivity index (χ4n) is 4.12. The first kappa shape index (κ1) is 23.8. The van der Waals surface area contributed by atoms with E-state index < -0.39 is 17.7 Å². The van der Waals surface area contributed by atoms with Crippen LogP contribution in [0.1, 0.15) is 60.9 Å². The molecule has 0 saturated heterocycles. The molecule has 1 aromatic carbocycles. The fraction of sp³-hybridized carbons (Fsp3) is 0.346. The van der Waals surface area contributed by atoms with Crippen molar-refractivity contribution in [3.63, 3.8) is 0 Å². The minimum absolute atomic E-state index is 0.141. The predicted molar refractivity (Wildman–Crippen MR) is 126 cm³/mol. The standard InChI is InChI=1S/C26H28F2N4O2/c1-15(31-24-20-14-32(9-10-33)25(34)17(20)6-8-30-24)18-12-22(28)19(13-21(18)27)16-5-7-29-23(11-16)26(2,3)4/h5-8,11-13,15,33H,9-10,14H2,1-4H3,(H,30,31)/t15-/m0/s1. The van der Waals surface area contributed by atoms with Crippen molar-refractivity contribution in [2.45, 2.75) is 45.7 Å². The average Bonchev–Trinajstić information content (AvgIpc) is 3.11. The third kappa shape index (κ3) is 4.50. The molecule has 4 rings (SSSR count). The minimum Gasteiger partial charge on any atom is -0.395 e. The summed E-state index contributed by atoms with van der Waals surface area (Å²) in [7, 11) is 0. The monoisotopic (exact) mass is 466 g/mol. The van der Waals surface area contributed by atoms with E-state index in [0.717, 1.165) is 5.69 Å². The van der Waals surface area contributed by atoms with Crippen LogP contribution in [0.15, 0.2) is 42.7 Å². The van der Waals surface area contributed by atoms with Gasteiger partial charge in [0.05, 0.1) is 19.2 Å². The molecule has 0 fully saturated rings. The van der Waals surface area contributed by atoms with Crippen LogP contribution in [0.4, 0.5) is 14.6 Å². The lowest BCUT2D eigenvalue weighted by Crippen LogP contribution is -2.26. The number of fused-ring (bicyclic) bond motifs is 1. The highest BCUT2D eigenvalue weighted by molar-refractivity contribution is 5.99. The zero-order valence-electron chi connectivity index (χ0n) is 19.7. The number of carbonyl (C=O) groups is 1. The first-order valence-electron chi connectivity index (χ1n) is 11.2. The fourth-order valence-corrected chi connectivity index (χ4v) is 4.12. The van der Waals surface area contributed by atoms with E-state index in [9.17, 15) is 9.90 Å². The molecule has 0 spiro atoms. The largest absolute Gasteiger partial charge is 0.395 e. The predicted octanol–water partition coefficient (Wildman–Crippen LogP) is 4.84. The molecule has 6 nitrogen and oxygen atoms in total. The molecule has 0 saturated carbocycles. The zero-order valence-corrected chi connectivity index (χ0v) is 19.7. The molecule has 1 atom stereocenters. The van der Waals surface area contributed by atoms with Crippen molar-refractivity contribution in [1.29, 1.82) is 0 Å². The van der Waals surface area contributed by atoms with Crippen LogP contribution in [0, 0.1) is 11.6 Å². The minimum atomic E-state index is -0.605. The molecule has 3 aromatic rings. The zero-order chi connectivity index (χ0) is 24.6. The number of nitrogens with one attached hydrogen (secondary N) is 1. The van der Waals surface area contributed by atoms with E-state index in [1.807, 2.05) is 20.8 Å². The second-order valence-electron chi connectivity index (χ2n) is 9.54. The Morgan fingerprint density at radius 2 is 1.82 bits per heavy atom. The van der Waals surface area contributed by atoms with Crippen molar-refractivity contribution in [2.75, 3.05) is 18.5 Å². The van der Waals surface area contributed by atoms with Gasteiger partial charge in [-0.3, -0.25) is 9.78 Å². The van der Waals surface area contributed by atoms with Gasteiger partial charge in [-0.2, -0.15) is 0 Å². The Morgan fingerprint density at radius 3 is 2.53 bits per heavy atom. The molecule has 0 bridgehead atoms.